The van der Waals surface area contributed by atoms with E-state index in [1.54, 1.807) is 6.07 Å². The summed E-state index contributed by atoms with van der Waals surface area (Å²) in [5.74, 6) is 0.423. The van der Waals surface area contributed by atoms with Crippen LogP contribution in [0.1, 0.15) is 50.2 Å². The molecule has 26 heavy (non-hydrogen) atoms. The minimum absolute atomic E-state index is 0.115. The van der Waals surface area contributed by atoms with E-state index in [2.05, 4.69) is 58.4 Å². The Morgan fingerprint density at radius 1 is 1.15 bits per heavy atom. The molecule has 1 heterocycles. The summed E-state index contributed by atoms with van der Waals surface area (Å²) in [5, 5.41) is 6.21. The van der Waals surface area contributed by atoms with E-state index >= 15 is 0 Å². The third kappa shape index (κ3) is 4.94. The summed E-state index contributed by atoms with van der Waals surface area (Å²) < 4.78 is 0. The Labute approximate surface area is 156 Å². The van der Waals surface area contributed by atoms with Gasteiger partial charge in [0.15, 0.2) is 0 Å². The first-order valence-corrected chi connectivity index (χ1v) is 9.23. The number of carbonyl (C=O) groups excluding carboxylic acids is 1. The molecule has 1 amide bonds. The van der Waals surface area contributed by atoms with Gasteiger partial charge >= 0.3 is 0 Å². The van der Waals surface area contributed by atoms with Crippen LogP contribution in [0.2, 0.25) is 0 Å². The van der Waals surface area contributed by atoms with Gasteiger partial charge in [0.1, 0.15) is 17.8 Å². The average Bonchev–Trinajstić information content (AvgIpc) is 2.65. The standard InChI is InChI=1S/C20H29N5O/c1-6-15(5)23-20(26)18-12-19(22-13-21-18)24-17-10-9-16(11-14(17)4)25(7-2)8-3/h9-13,15H,6-8H2,1-5H3,(H,23,26)(H,21,22,24). The van der Waals surface area contributed by atoms with Gasteiger partial charge in [-0.25, -0.2) is 9.97 Å². The lowest BCUT2D eigenvalue weighted by molar-refractivity contribution is 0.0934. The van der Waals surface area contributed by atoms with Crippen LogP contribution >= 0.6 is 0 Å². The van der Waals surface area contributed by atoms with Crippen molar-refractivity contribution in [3.05, 3.63) is 41.9 Å². The van der Waals surface area contributed by atoms with Crippen molar-refractivity contribution in [1.82, 2.24) is 15.3 Å². The Kier molecular flexibility index (Phi) is 6.95. The molecule has 2 aromatic rings. The molecule has 0 saturated heterocycles. The minimum atomic E-state index is -0.182. The molecular weight excluding hydrogens is 326 g/mol. The van der Waals surface area contributed by atoms with Crippen LogP contribution in [0.4, 0.5) is 17.2 Å². The van der Waals surface area contributed by atoms with Crippen molar-refractivity contribution in [2.75, 3.05) is 23.3 Å². The Morgan fingerprint density at radius 2 is 1.88 bits per heavy atom. The lowest BCUT2D eigenvalue weighted by atomic mass is 10.1. The fraction of sp³-hybridized carbons (Fsp3) is 0.450. The molecule has 0 aliphatic rings. The molecule has 0 radical (unpaired) electrons. The van der Waals surface area contributed by atoms with Crippen molar-refractivity contribution < 1.29 is 4.79 Å². The van der Waals surface area contributed by atoms with Crippen LogP contribution in [0.3, 0.4) is 0 Å². The maximum atomic E-state index is 12.2. The van der Waals surface area contributed by atoms with Crippen molar-refractivity contribution in [3.63, 3.8) is 0 Å². The fourth-order valence-electron chi connectivity index (χ4n) is 2.66. The number of aromatic nitrogens is 2. The number of hydrogen-bond acceptors (Lipinski definition) is 5. The monoisotopic (exact) mass is 355 g/mol. The van der Waals surface area contributed by atoms with Gasteiger partial charge in [-0.3, -0.25) is 4.79 Å². The molecule has 2 N–H and O–H groups in total. The van der Waals surface area contributed by atoms with Gasteiger partial charge < -0.3 is 15.5 Å². The smallest absolute Gasteiger partial charge is 0.270 e. The molecule has 1 atom stereocenters. The zero-order valence-electron chi connectivity index (χ0n) is 16.3. The number of aryl methyl sites for hydroxylation is 1. The van der Waals surface area contributed by atoms with Gasteiger partial charge in [-0.2, -0.15) is 0 Å². The van der Waals surface area contributed by atoms with E-state index in [-0.39, 0.29) is 11.9 Å². The highest BCUT2D eigenvalue weighted by molar-refractivity contribution is 5.93. The summed E-state index contributed by atoms with van der Waals surface area (Å²) in [6, 6.07) is 8.09. The summed E-state index contributed by atoms with van der Waals surface area (Å²) in [4.78, 5) is 22.9. The summed E-state index contributed by atoms with van der Waals surface area (Å²) >= 11 is 0. The molecule has 0 aliphatic heterocycles. The van der Waals surface area contributed by atoms with Gasteiger partial charge in [0, 0.05) is 36.6 Å². The molecule has 1 aromatic heterocycles. The second-order valence-corrected chi connectivity index (χ2v) is 6.37. The predicted molar refractivity (Wildman–Crippen MR) is 107 cm³/mol. The van der Waals surface area contributed by atoms with Gasteiger partial charge in [-0.15, -0.1) is 0 Å². The number of hydrogen-bond donors (Lipinski definition) is 2. The SMILES string of the molecule is CCC(C)NC(=O)c1cc(Nc2ccc(N(CC)CC)cc2C)ncn1. The molecule has 140 valence electrons. The number of benzene rings is 1. The van der Waals surface area contributed by atoms with Crippen LogP contribution in [0.15, 0.2) is 30.6 Å². The predicted octanol–water partition coefficient (Wildman–Crippen LogP) is 3.90. The van der Waals surface area contributed by atoms with E-state index in [0.717, 1.165) is 30.8 Å². The van der Waals surface area contributed by atoms with E-state index in [0.29, 0.717) is 11.5 Å². The fourth-order valence-corrected chi connectivity index (χ4v) is 2.66. The normalized spacial score (nSPS) is 11.7. The largest absolute Gasteiger partial charge is 0.372 e. The van der Waals surface area contributed by atoms with E-state index in [9.17, 15) is 4.79 Å². The number of amides is 1. The zero-order chi connectivity index (χ0) is 19.1. The molecule has 1 unspecified atom stereocenters. The van der Waals surface area contributed by atoms with Crippen LogP contribution in [-0.4, -0.2) is 35.0 Å². The highest BCUT2D eigenvalue weighted by Gasteiger charge is 2.12. The second kappa shape index (κ2) is 9.17. The molecule has 0 fully saturated rings. The molecule has 6 heteroatoms. The molecule has 0 spiro atoms. The third-order valence-electron chi connectivity index (χ3n) is 4.49. The highest BCUT2D eigenvalue weighted by atomic mass is 16.1. The first-order valence-electron chi connectivity index (χ1n) is 9.23. The maximum Gasteiger partial charge on any atom is 0.270 e. The van der Waals surface area contributed by atoms with Crippen molar-refractivity contribution in [2.24, 2.45) is 0 Å². The summed E-state index contributed by atoms with van der Waals surface area (Å²) in [6.45, 7) is 12.3. The van der Waals surface area contributed by atoms with Crippen molar-refractivity contribution in [1.29, 1.82) is 0 Å². The molecule has 6 nitrogen and oxygen atoms in total. The summed E-state index contributed by atoms with van der Waals surface area (Å²) in [5.41, 5.74) is 3.65. The lowest BCUT2D eigenvalue weighted by Crippen LogP contribution is -2.32. The number of nitrogens with one attached hydrogen (secondary N) is 2. The number of rotatable bonds is 8. The van der Waals surface area contributed by atoms with Gasteiger partial charge in [0.25, 0.3) is 5.91 Å². The number of nitrogens with zero attached hydrogens (tertiary/aromatic N) is 3. The van der Waals surface area contributed by atoms with Crippen LogP contribution in [0, 0.1) is 6.92 Å². The van der Waals surface area contributed by atoms with Crippen LogP contribution in [0.25, 0.3) is 0 Å². The van der Waals surface area contributed by atoms with Crippen molar-refractivity contribution in [2.45, 2.75) is 47.1 Å². The Bertz CT molecular complexity index is 743. The van der Waals surface area contributed by atoms with Crippen LogP contribution < -0.4 is 15.5 Å². The quantitative estimate of drug-likeness (QED) is 0.751. The van der Waals surface area contributed by atoms with E-state index in [1.165, 1.54) is 12.0 Å². The van der Waals surface area contributed by atoms with Crippen molar-refractivity contribution in [3.8, 4) is 0 Å². The zero-order valence-corrected chi connectivity index (χ0v) is 16.3. The van der Waals surface area contributed by atoms with E-state index in [1.807, 2.05) is 19.9 Å². The Balaban J connectivity index is 2.16. The number of carbonyl (C=O) groups is 1. The van der Waals surface area contributed by atoms with E-state index in [4.69, 9.17) is 0 Å². The van der Waals surface area contributed by atoms with Gasteiger partial charge in [0.2, 0.25) is 0 Å². The summed E-state index contributed by atoms with van der Waals surface area (Å²) in [6.07, 6.45) is 2.29. The van der Waals surface area contributed by atoms with Crippen LogP contribution in [0.5, 0.6) is 0 Å². The van der Waals surface area contributed by atoms with E-state index < -0.39 is 0 Å². The molecule has 2 rings (SSSR count). The van der Waals surface area contributed by atoms with Gasteiger partial charge in [-0.1, -0.05) is 6.92 Å². The van der Waals surface area contributed by atoms with Gasteiger partial charge in [0.05, 0.1) is 0 Å². The summed E-state index contributed by atoms with van der Waals surface area (Å²) in [7, 11) is 0. The third-order valence-corrected chi connectivity index (χ3v) is 4.49. The first-order chi connectivity index (χ1) is 12.5. The minimum Gasteiger partial charge on any atom is -0.372 e. The Hall–Kier alpha value is -2.63. The molecule has 0 bridgehead atoms. The lowest BCUT2D eigenvalue weighted by Gasteiger charge is -2.22. The second-order valence-electron chi connectivity index (χ2n) is 6.37. The van der Waals surface area contributed by atoms with Crippen LogP contribution in [-0.2, 0) is 0 Å². The molecular formula is C20H29N5O. The maximum absolute atomic E-state index is 12.2. The first kappa shape index (κ1) is 19.7. The molecule has 0 saturated carbocycles. The highest BCUT2D eigenvalue weighted by Crippen LogP contribution is 2.25. The molecule has 0 aliphatic carbocycles. The van der Waals surface area contributed by atoms with Crippen molar-refractivity contribution >= 4 is 23.1 Å². The average molecular weight is 355 g/mol. The Morgan fingerprint density at radius 3 is 2.50 bits per heavy atom. The van der Waals surface area contributed by atoms with Gasteiger partial charge in [-0.05, 0) is 57.9 Å². The topological polar surface area (TPSA) is 70.2 Å². The number of anilines is 3. The molecule has 1 aromatic carbocycles.